The first kappa shape index (κ1) is 19.7. The number of hydrogen-bond donors (Lipinski definition) is 1. The molecule has 6 nitrogen and oxygen atoms in total. The van der Waals surface area contributed by atoms with Crippen LogP contribution in [0.15, 0.2) is 46.5 Å². The second-order valence-corrected chi connectivity index (χ2v) is 8.88. The van der Waals surface area contributed by atoms with Gasteiger partial charge in [0, 0.05) is 12.3 Å². The number of aromatic nitrogens is 2. The highest BCUT2D eigenvalue weighted by molar-refractivity contribution is 7.99. The molecule has 0 spiro atoms. The largest absolute Gasteiger partial charge is 0.492 e. The highest BCUT2D eigenvalue weighted by Crippen LogP contribution is 2.27. The van der Waals surface area contributed by atoms with E-state index in [2.05, 4.69) is 9.55 Å². The maximum absolute atomic E-state index is 11.6. The van der Waals surface area contributed by atoms with Gasteiger partial charge < -0.3 is 9.30 Å². The van der Waals surface area contributed by atoms with Crippen molar-refractivity contribution in [3.63, 3.8) is 0 Å². The Bertz CT molecular complexity index is 1050. The number of nitrogens with zero attached hydrogens (tertiary/aromatic N) is 2. The van der Waals surface area contributed by atoms with E-state index in [1.165, 1.54) is 12.1 Å². The summed E-state index contributed by atoms with van der Waals surface area (Å²) in [6.45, 7) is 7.41. The van der Waals surface area contributed by atoms with E-state index in [0.717, 1.165) is 39.8 Å². The molecule has 3 aromatic rings. The molecule has 8 heteroatoms. The van der Waals surface area contributed by atoms with Crippen LogP contribution in [0.5, 0.6) is 5.75 Å². The highest BCUT2D eigenvalue weighted by atomic mass is 32.2. The number of primary sulfonamides is 1. The van der Waals surface area contributed by atoms with E-state index in [0.29, 0.717) is 12.1 Å². The van der Waals surface area contributed by atoms with Crippen LogP contribution < -0.4 is 9.88 Å². The molecule has 0 atom stereocenters. The average Bonchev–Trinajstić information content (AvgIpc) is 2.96. The third-order valence-electron chi connectivity index (χ3n) is 4.30. The van der Waals surface area contributed by atoms with Gasteiger partial charge in [-0.1, -0.05) is 30.0 Å². The van der Waals surface area contributed by atoms with Crippen LogP contribution in [0.2, 0.25) is 0 Å². The van der Waals surface area contributed by atoms with Crippen LogP contribution in [0.4, 0.5) is 0 Å². The minimum atomic E-state index is -3.74. The van der Waals surface area contributed by atoms with Crippen LogP contribution in [0, 0.1) is 13.8 Å². The smallest absolute Gasteiger partial charge is 0.238 e. The molecule has 0 aliphatic rings. The molecule has 0 amide bonds. The molecule has 0 aliphatic heterocycles. The predicted molar refractivity (Wildman–Crippen MR) is 109 cm³/mol. The molecule has 2 aromatic carbocycles. The standard InChI is InChI=1S/C19H23N3O3S2/c1-4-22-17-9-8-15(27(20,23)24)12-16(17)21-19(22)26-11-10-25-18-13(2)6-5-7-14(18)3/h5-9,12H,4,10-11H2,1-3H3,(H2,20,23,24). The van der Waals surface area contributed by atoms with Crippen LogP contribution >= 0.6 is 11.8 Å². The van der Waals surface area contributed by atoms with Crippen LogP contribution in [0.1, 0.15) is 18.1 Å². The van der Waals surface area contributed by atoms with Crippen molar-refractivity contribution in [3.05, 3.63) is 47.5 Å². The summed E-state index contributed by atoms with van der Waals surface area (Å²) < 4.78 is 31.1. The van der Waals surface area contributed by atoms with Crippen molar-refractivity contribution in [1.82, 2.24) is 9.55 Å². The molecule has 3 rings (SSSR count). The molecule has 27 heavy (non-hydrogen) atoms. The zero-order valence-corrected chi connectivity index (χ0v) is 17.2. The maximum atomic E-state index is 11.6. The summed E-state index contributed by atoms with van der Waals surface area (Å²) >= 11 is 1.59. The normalized spacial score (nSPS) is 11.9. The number of fused-ring (bicyclic) bond motifs is 1. The summed E-state index contributed by atoms with van der Waals surface area (Å²) in [7, 11) is -3.74. The lowest BCUT2D eigenvalue weighted by molar-refractivity contribution is 0.339. The lowest BCUT2D eigenvalue weighted by Gasteiger charge is -2.11. The molecule has 2 N–H and O–H groups in total. The fourth-order valence-electron chi connectivity index (χ4n) is 2.98. The lowest BCUT2D eigenvalue weighted by Crippen LogP contribution is -2.11. The molecule has 0 aliphatic carbocycles. The molecule has 0 radical (unpaired) electrons. The van der Waals surface area contributed by atoms with Gasteiger partial charge in [0.1, 0.15) is 5.75 Å². The van der Waals surface area contributed by atoms with Crippen molar-refractivity contribution in [3.8, 4) is 5.75 Å². The quantitative estimate of drug-likeness (QED) is 0.480. The topological polar surface area (TPSA) is 87.2 Å². The number of benzene rings is 2. The fourth-order valence-corrected chi connectivity index (χ4v) is 4.41. The van der Waals surface area contributed by atoms with E-state index in [1.54, 1.807) is 17.8 Å². The van der Waals surface area contributed by atoms with Gasteiger partial charge >= 0.3 is 0 Å². The Kier molecular flexibility index (Phi) is 5.78. The predicted octanol–water partition coefficient (Wildman–Crippen LogP) is 3.49. The summed E-state index contributed by atoms with van der Waals surface area (Å²) in [5.74, 6) is 1.67. The Labute approximate surface area is 163 Å². The van der Waals surface area contributed by atoms with Gasteiger partial charge in [0.25, 0.3) is 0 Å². The van der Waals surface area contributed by atoms with Crippen molar-refractivity contribution < 1.29 is 13.2 Å². The molecule has 0 saturated carbocycles. The maximum Gasteiger partial charge on any atom is 0.238 e. The van der Waals surface area contributed by atoms with E-state index < -0.39 is 10.0 Å². The number of nitrogens with two attached hydrogens (primary N) is 1. The minimum absolute atomic E-state index is 0.0747. The summed E-state index contributed by atoms with van der Waals surface area (Å²) in [6, 6.07) is 10.9. The Morgan fingerprint density at radius 1 is 1.19 bits per heavy atom. The monoisotopic (exact) mass is 405 g/mol. The van der Waals surface area contributed by atoms with Crippen LogP contribution in [-0.4, -0.2) is 30.3 Å². The number of hydrogen-bond acceptors (Lipinski definition) is 5. The highest BCUT2D eigenvalue weighted by Gasteiger charge is 2.14. The molecular formula is C19H23N3O3S2. The van der Waals surface area contributed by atoms with Crippen LogP contribution in [0.3, 0.4) is 0 Å². The van der Waals surface area contributed by atoms with Gasteiger partial charge in [0.15, 0.2) is 5.16 Å². The van der Waals surface area contributed by atoms with Crippen molar-refractivity contribution in [1.29, 1.82) is 0 Å². The number of rotatable bonds is 7. The van der Waals surface area contributed by atoms with Gasteiger partial charge in [-0.25, -0.2) is 18.5 Å². The second kappa shape index (κ2) is 7.92. The van der Waals surface area contributed by atoms with Crippen molar-refractivity contribution in [2.24, 2.45) is 5.14 Å². The van der Waals surface area contributed by atoms with Gasteiger partial charge in [-0.3, -0.25) is 0 Å². The first-order chi connectivity index (χ1) is 12.8. The van der Waals surface area contributed by atoms with E-state index in [9.17, 15) is 8.42 Å². The third kappa shape index (κ3) is 4.28. The minimum Gasteiger partial charge on any atom is -0.492 e. The number of para-hydroxylation sites is 1. The van der Waals surface area contributed by atoms with E-state index in [-0.39, 0.29) is 4.90 Å². The van der Waals surface area contributed by atoms with Gasteiger partial charge in [-0.2, -0.15) is 0 Å². The van der Waals surface area contributed by atoms with E-state index >= 15 is 0 Å². The zero-order valence-electron chi connectivity index (χ0n) is 15.6. The molecule has 1 aromatic heterocycles. The SMILES string of the molecule is CCn1c(SCCOc2c(C)cccc2C)nc2cc(S(N)(=O)=O)ccc21. The van der Waals surface area contributed by atoms with Crippen molar-refractivity contribution in [2.45, 2.75) is 37.4 Å². The Balaban J connectivity index is 1.74. The third-order valence-corrected chi connectivity index (χ3v) is 6.15. The lowest BCUT2D eigenvalue weighted by atomic mass is 10.1. The fraction of sp³-hybridized carbons (Fsp3) is 0.316. The van der Waals surface area contributed by atoms with Gasteiger partial charge in [0.2, 0.25) is 10.0 Å². The van der Waals surface area contributed by atoms with Crippen LogP contribution in [-0.2, 0) is 16.6 Å². The zero-order chi connectivity index (χ0) is 19.6. The summed E-state index contributed by atoms with van der Waals surface area (Å²) in [4.78, 5) is 4.66. The van der Waals surface area contributed by atoms with Crippen LogP contribution in [0.25, 0.3) is 11.0 Å². The van der Waals surface area contributed by atoms with Gasteiger partial charge in [0.05, 0.1) is 22.5 Å². The number of thioether (sulfide) groups is 1. The van der Waals surface area contributed by atoms with Crippen molar-refractivity contribution >= 4 is 32.8 Å². The summed E-state index contributed by atoms with van der Waals surface area (Å²) in [5.41, 5.74) is 3.76. The Morgan fingerprint density at radius 2 is 1.89 bits per heavy atom. The average molecular weight is 406 g/mol. The summed E-state index contributed by atoms with van der Waals surface area (Å²) in [5, 5.41) is 6.06. The Morgan fingerprint density at radius 3 is 2.52 bits per heavy atom. The Hall–Kier alpha value is -2.03. The molecule has 144 valence electrons. The van der Waals surface area contributed by atoms with Gasteiger partial charge in [-0.05, 0) is 50.1 Å². The second-order valence-electron chi connectivity index (χ2n) is 6.25. The number of imidazole rings is 1. The van der Waals surface area contributed by atoms with Crippen molar-refractivity contribution in [2.75, 3.05) is 12.4 Å². The number of sulfonamides is 1. The molecule has 0 saturated heterocycles. The summed E-state index contributed by atoms with van der Waals surface area (Å²) in [6.07, 6.45) is 0. The molecule has 1 heterocycles. The number of aryl methyl sites for hydroxylation is 3. The molecule has 0 bridgehead atoms. The van der Waals surface area contributed by atoms with E-state index in [1.807, 2.05) is 39.0 Å². The van der Waals surface area contributed by atoms with E-state index in [4.69, 9.17) is 9.88 Å². The first-order valence-corrected chi connectivity index (χ1v) is 11.2. The number of ether oxygens (including phenoxy) is 1. The molecule has 0 unspecified atom stereocenters. The van der Waals surface area contributed by atoms with Gasteiger partial charge in [-0.15, -0.1) is 0 Å². The first-order valence-electron chi connectivity index (χ1n) is 8.66. The molecular weight excluding hydrogens is 382 g/mol. The molecule has 0 fully saturated rings.